The summed E-state index contributed by atoms with van der Waals surface area (Å²) in [5.74, 6) is -0.469. The summed E-state index contributed by atoms with van der Waals surface area (Å²) in [5.41, 5.74) is 7.88. The van der Waals surface area contributed by atoms with Crippen LogP contribution in [0.5, 0.6) is 0 Å². The van der Waals surface area contributed by atoms with Crippen LogP contribution < -0.4 is 5.73 Å². The van der Waals surface area contributed by atoms with Gasteiger partial charge in [0.2, 0.25) is 0 Å². The maximum absolute atomic E-state index is 12.8. The lowest BCUT2D eigenvalue weighted by Gasteiger charge is -2.32. The second-order valence-corrected chi connectivity index (χ2v) is 7.08. The zero-order valence-corrected chi connectivity index (χ0v) is 16.4. The number of aliphatic hydroxyl groups excluding tert-OH is 1. The molecule has 2 amide bonds. The van der Waals surface area contributed by atoms with Crippen LogP contribution in [-0.4, -0.2) is 76.9 Å². The fourth-order valence-electron chi connectivity index (χ4n) is 3.34. The maximum atomic E-state index is 12.8. The SMILES string of the molecule is CCCN(O)C(=O)C1=Cc2ccc(C(=O)N3CCOC(CO)C3)cc2N=C(N)C1. The molecule has 1 fully saturated rings. The van der Waals surface area contributed by atoms with Crippen molar-refractivity contribution in [2.75, 3.05) is 32.8 Å². The molecule has 0 aliphatic carbocycles. The van der Waals surface area contributed by atoms with Crippen molar-refractivity contribution in [2.24, 2.45) is 10.7 Å². The smallest absolute Gasteiger partial charge is 0.273 e. The van der Waals surface area contributed by atoms with Gasteiger partial charge in [-0.25, -0.2) is 10.1 Å². The van der Waals surface area contributed by atoms with Gasteiger partial charge in [-0.15, -0.1) is 0 Å². The Bertz CT molecular complexity index is 851. The number of hydroxylamine groups is 2. The van der Waals surface area contributed by atoms with E-state index in [1.807, 2.05) is 6.92 Å². The van der Waals surface area contributed by atoms with Gasteiger partial charge in [-0.1, -0.05) is 13.0 Å². The number of carbonyl (C=O) groups excluding carboxylic acids is 2. The van der Waals surface area contributed by atoms with Crippen molar-refractivity contribution in [2.45, 2.75) is 25.9 Å². The van der Waals surface area contributed by atoms with E-state index in [1.165, 1.54) is 0 Å². The Kier molecular flexibility index (Phi) is 6.63. The van der Waals surface area contributed by atoms with Crippen LogP contribution in [0.2, 0.25) is 0 Å². The molecule has 156 valence electrons. The number of rotatable bonds is 5. The Morgan fingerprint density at radius 2 is 2.21 bits per heavy atom. The average Bonchev–Trinajstić information content (AvgIpc) is 2.90. The number of fused-ring (bicyclic) bond motifs is 1. The summed E-state index contributed by atoms with van der Waals surface area (Å²) in [5, 5.41) is 19.8. The number of morpholine rings is 1. The Morgan fingerprint density at radius 1 is 1.41 bits per heavy atom. The largest absolute Gasteiger partial charge is 0.394 e. The van der Waals surface area contributed by atoms with E-state index in [1.54, 1.807) is 29.2 Å². The van der Waals surface area contributed by atoms with Crippen LogP contribution in [0.3, 0.4) is 0 Å². The molecule has 3 rings (SSSR count). The molecule has 0 bridgehead atoms. The number of hydrogen-bond acceptors (Lipinski definition) is 7. The molecule has 1 atom stereocenters. The van der Waals surface area contributed by atoms with Gasteiger partial charge in [0.25, 0.3) is 11.8 Å². The van der Waals surface area contributed by atoms with Gasteiger partial charge in [-0.2, -0.15) is 0 Å². The number of nitrogens with zero attached hydrogens (tertiary/aromatic N) is 3. The van der Waals surface area contributed by atoms with Crippen molar-refractivity contribution in [3.05, 3.63) is 34.9 Å². The van der Waals surface area contributed by atoms with Crippen molar-refractivity contribution in [3.8, 4) is 0 Å². The summed E-state index contributed by atoms with van der Waals surface area (Å²) < 4.78 is 5.39. The zero-order valence-electron chi connectivity index (χ0n) is 16.4. The zero-order chi connectivity index (χ0) is 21.0. The molecule has 29 heavy (non-hydrogen) atoms. The van der Waals surface area contributed by atoms with E-state index in [0.717, 1.165) is 0 Å². The molecule has 4 N–H and O–H groups in total. The number of aliphatic hydroxyl groups is 1. The first-order valence-electron chi connectivity index (χ1n) is 9.63. The summed E-state index contributed by atoms with van der Waals surface area (Å²) in [6.07, 6.45) is 1.99. The fraction of sp³-hybridized carbons (Fsp3) is 0.450. The van der Waals surface area contributed by atoms with E-state index in [0.29, 0.717) is 53.6 Å². The predicted molar refractivity (Wildman–Crippen MR) is 107 cm³/mol. The molecule has 1 saturated heterocycles. The highest BCUT2D eigenvalue weighted by molar-refractivity contribution is 6.05. The molecular weight excluding hydrogens is 376 g/mol. The predicted octanol–water partition coefficient (Wildman–Crippen LogP) is 0.924. The van der Waals surface area contributed by atoms with Crippen molar-refractivity contribution < 1.29 is 24.6 Å². The van der Waals surface area contributed by atoms with E-state index in [9.17, 15) is 19.9 Å². The number of carbonyl (C=O) groups is 2. The van der Waals surface area contributed by atoms with Gasteiger partial charge in [-0.3, -0.25) is 14.8 Å². The van der Waals surface area contributed by atoms with Crippen LogP contribution in [0.1, 0.15) is 35.7 Å². The van der Waals surface area contributed by atoms with E-state index in [4.69, 9.17) is 10.5 Å². The van der Waals surface area contributed by atoms with Crippen molar-refractivity contribution in [1.29, 1.82) is 0 Å². The lowest BCUT2D eigenvalue weighted by Crippen LogP contribution is -2.46. The van der Waals surface area contributed by atoms with Crippen molar-refractivity contribution in [1.82, 2.24) is 9.96 Å². The molecule has 0 aromatic heterocycles. The van der Waals surface area contributed by atoms with E-state index in [2.05, 4.69) is 4.99 Å². The van der Waals surface area contributed by atoms with Gasteiger partial charge in [0.15, 0.2) is 0 Å². The molecule has 2 aliphatic heterocycles. The summed E-state index contributed by atoms with van der Waals surface area (Å²) in [7, 11) is 0. The molecule has 1 unspecified atom stereocenters. The monoisotopic (exact) mass is 402 g/mol. The van der Waals surface area contributed by atoms with E-state index < -0.39 is 5.91 Å². The quantitative estimate of drug-likeness (QED) is 0.496. The minimum absolute atomic E-state index is 0.110. The Labute approximate surface area is 169 Å². The van der Waals surface area contributed by atoms with E-state index in [-0.39, 0.29) is 37.4 Å². The molecule has 2 aliphatic rings. The number of aliphatic imine (C=N–C) groups is 1. The highest BCUT2D eigenvalue weighted by Crippen LogP contribution is 2.29. The fourth-order valence-corrected chi connectivity index (χ4v) is 3.34. The molecule has 9 heteroatoms. The van der Waals surface area contributed by atoms with Gasteiger partial charge < -0.3 is 20.5 Å². The molecule has 0 spiro atoms. The number of amides is 2. The molecule has 0 saturated carbocycles. The van der Waals surface area contributed by atoms with Crippen LogP contribution in [0, 0.1) is 0 Å². The number of nitrogens with two attached hydrogens (primary N) is 1. The summed E-state index contributed by atoms with van der Waals surface area (Å²) in [4.78, 5) is 31.3. The summed E-state index contributed by atoms with van der Waals surface area (Å²) in [6.45, 7) is 3.08. The first-order chi connectivity index (χ1) is 13.9. The third kappa shape index (κ3) is 4.81. The second kappa shape index (κ2) is 9.17. The lowest BCUT2D eigenvalue weighted by molar-refractivity contribution is -0.160. The molecule has 9 nitrogen and oxygen atoms in total. The van der Waals surface area contributed by atoms with Crippen molar-refractivity contribution in [3.63, 3.8) is 0 Å². The summed E-state index contributed by atoms with van der Waals surface area (Å²) >= 11 is 0. The lowest BCUT2D eigenvalue weighted by atomic mass is 10.0. The molecule has 0 radical (unpaired) electrons. The highest BCUT2D eigenvalue weighted by Gasteiger charge is 2.26. The topological polar surface area (TPSA) is 129 Å². The number of hydrogen-bond donors (Lipinski definition) is 3. The first kappa shape index (κ1) is 21.0. The summed E-state index contributed by atoms with van der Waals surface area (Å²) in [6, 6.07) is 5.02. The Balaban J connectivity index is 1.86. The maximum Gasteiger partial charge on any atom is 0.273 e. The third-order valence-electron chi connectivity index (χ3n) is 4.82. The van der Waals surface area contributed by atoms with Crippen LogP contribution in [0.15, 0.2) is 28.8 Å². The van der Waals surface area contributed by atoms with Crippen LogP contribution >= 0.6 is 0 Å². The Morgan fingerprint density at radius 3 is 2.93 bits per heavy atom. The van der Waals surface area contributed by atoms with Gasteiger partial charge in [0.05, 0.1) is 25.0 Å². The van der Waals surface area contributed by atoms with Crippen LogP contribution in [0.4, 0.5) is 5.69 Å². The first-order valence-corrected chi connectivity index (χ1v) is 9.63. The van der Waals surface area contributed by atoms with Crippen LogP contribution in [-0.2, 0) is 9.53 Å². The van der Waals surface area contributed by atoms with Crippen LogP contribution in [0.25, 0.3) is 6.08 Å². The average molecular weight is 402 g/mol. The van der Waals surface area contributed by atoms with Gasteiger partial charge >= 0.3 is 0 Å². The molecule has 2 heterocycles. The normalized spacial score (nSPS) is 19.0. The number of benzene rings is 1. The highest BCUT2D eigenvalue weighted by atomic mass is 16.5. The molecule has 1 aromatic rings. The minimum Gasteiger partial charge on any atom is -0.394 e. The second-order valence-electron chi connectivity index (χ2n) is 7.08. The number of amidine groups is 1. The van der Waals surface area contributed by atoms with Gasteiger partial charge in [0, 0.05) is 42.8 Å². The van der Waals surface area contributed by atoms with Crippen molar-refractivity contribution >= 4 is 29.4 Å². The molecule has 1 aromatic carbocycles. The van der Waals surface area contributed by atoms with E-state index >= 15 is 0 Å². The molecular formula is C20H26N4O5. The van der Waals surface area contributed by atoms with Gasteiger partial charge in [0.1, 0.15) is 5.84 Å². The standard InChI is InChI=1S/C20H26N4O5/c1-2-5-24(28)20(27)15-8-13-3-4-14(9-17(13)22-18(21)10-15)19(26)23-6-7-29-16(11-23)12-25/h3-4,8-9,16,25,28H,2,5-7,10-12H2,1H3,(H2,21,22). The van der Waals surface area contributed by atoms with Gasteiger partial charge in [-0.05, 0) is 24.6 Å². The number of ether oxygens (including phenoxy) is 1. The third-order valence-corrected chi connectivity index (χ3v) is 4.82. The minimum atomic E-state index is -0.513. The Hall–Kier alpha value is -2.75.